The molecule has 0 aliphatic heterocycles. The third kappa shape index (κ3) is 4.30. The predicted molar refractivity (Wildman–Crippen MR) is 81.9 cm³/mol. The molecule has 0 N–H and O–H groups in total. The fourth-order valence-electron chi connectivity index (χ4n) is 1.62. The second-order valence-electron chi connectivity index (χ2n) is 4.35. The van der Waals surface area contributed by atoms with Crippen molar-refractivity contribution in [2.75, 3.05) is 6.26 Å². The van der Waals surface area contributed by atoms with Gasteiger partial charge in [-0.2, -0.15) is 21.6 Å². The Labute approximate surface area is 138 Å². The van der Waals surface area contributed by atoms with Crippen LogP contribution < -0.4 is 0 Å². The zero-order valence-electron chi connectivity index (χ0n) is 11.6. The van der Waals surface area contributed by atoms with Crippen molar-refractivity contribution in [3.8, 4) is 0 Å². The maximum atomic E-state index is 12.6. The van der Waals surface area contributed by atoms with Crippen LogP contribution in [0.2, 0.25) is 5.02 Å². The summed E-state index contributed by atoms with van der Waals surface area (Å²) in [7, 11) is -5.27. The first-order chi connectivity index (χ1) is 10.6. The van der Waals surface area contributed by atoms with E-state index in [0.717, 1.165) is 0 Å². The van der Waals surface area contributed by atoms with E-state index in [4.69, 9.17) is 11.6 Å². The van der Waals surface area contributed by atoms with Gasteiger partial charge in [0.1, 0.15) is 5.03 Å². The molecule has 0 aliphatic rings. The number of aromatic nitrogens is 1. The molecule has 0 aliphatic carbocycles. The van der Waals surface area contributed by atoms with Gasteiger partial charge in [0.05, 0.1) is 15.5 Å². The molecule has 1 atom stereocenters. The highest BCUT2D eigenvalue weighted by Gasteiger charge is 2.31. The van der Waals surface area contributed by atoms with Gasteiger partial charge in [0.2, 0.25) is 0 Å². The van der Waals surface area contributed by atoms with Crippen molar-refractivity contribution < 1.29 is 21.6 Å². The van der Waals surface area contributed by atoms with Crippen LogP contribution in [0.3, 0.4) is 0 Å². The molecule has 0 radical (unpaired) electrons. The maximum Gasteiger partial charge on any atom is 0.417 e. The summed E-state index contributed by atoms with van der Waals surface area (Å²) >= 11 is 5.79. The Hall–Kier alpha value is -1.45. The van der Waals surface area contributed by atoms with E-state index < -0.39 is 32.5 Å². The molecule has 1 aromatic heterocycles. The smallest absolute Gasteiger partial charge is 0.247 e. The van der Waals surface area contributed by atoms with E-state index in [1.54, 1.807) is 18.2 Å². The molecule has 0 amide bonds. The average molecular weight is 383 g/mol. The lowest BCUT2D eigenvalue weighted by molar-refractivity contribution is -0.137. The van der Waals surface area contributed by atoms with Gasteiger partial charge in [0, 0.05) is 6.20 Å². The minimum Gasteiger partial charge on any atom is -0.247 e. The highest BCUT2D eigenvalue weighted by atomic mass is 35.5. The molecule has 0 spiro atoms. The van der Waals surface area contributed by atoms with E-state index >= 15 is 0 Å². The van der Waals surface area contributed by atoms with Crippen LogP contribution in [-0.4, -0.2) is 19.7 Å². The predicted octanol–water partition coefficient (Wildman–Crippen LogP) is 3.93. The summed E-state index contributed by atoms with van der Waals surface area (Å²) in [4.78, 5) is 3.61. The van der Waals surface area contributed by atoms with Crippen molar-refractivity contribution in [2.45, 2.75) is 16.1 Å². The molecule has 10 heteroatoms. The number of benzene rings is 1. The molecular formula is C13H10ClF3N2O2S2. The van der Waals surface area contributed by atoms with Crippen molar-refractivity contribution in [3.05, 3.63) is 53.2 Å². The molecule has 23 heavy (non-hydrogen) atoms. The normalized spacial score (nSPS) is 14.0. The Bertz CT molecular complexity index is 853. The third-order valence-corrected chi connectivity index (χ3v) is 6.50. The number of nitrogens with zero attached hydrogens (tertiary/aromatic N) is 2. The van der Waals surface area contributed by atoms with Gasteiger partial charge in [-0.15, -0.1) is 3.77 Å². The fraction of sp³-hybridized carbons (Fsp3) is 0.154. The number of hydrogen-bond donors (Lipinski definition) is 0. The molecule has 0 bridgehead atoms. The van der Waals surface area contributed by atoms with Crippen LogP contribution in [-0.2, 0) is 26.9 Å². The Morgan fingerprint density at radius 2 is 1.83 bits per heavy atom. The van der Waals surface area contributed by atoms with Gasteiger partial charge in [-0.3, -0.25) is 0 Å². The molecule has 4 nitrogen and oxygen atoms in total. The second-order valence-corrected chi connectivity index (χ2v) is 8.12. The van der Waals surface area contributed by atoms with Gasteiger partial charge in [-0.25, -0.2) is 4.98 Å². The van der Waals surface area contributed by atoms with Crippen LogP contribution >= 0.6 is 11.6 Å². The quantitative estimate of drug-likeness (QED) is 0.808. The molecule has 2 rings (SSSR count). The lowest BCUT2D eigenvalue weighted by Crippen LogP contribution is -2.07. The van der Waals surface area contributed by atoms with Crippen LogP contribution in [0, 0.1) is 0 Å². The molecular weight excluding hydrogens is 373 g/mol. The summed E-state index contributed by atoms with van der Waals surface area (Å²) in [6.07, 6.45) is -2.55. The van der Waals surface area contributed by atoms with E-state index in [2.05, 4.69) is 8.75 Å². The largest absolute Gasteiger partial charge is 0.417 e. The van der Waals surface area contributed by atoms with Crippen LogP contribution in [0.25, 0.3) is 0 Å². The Kier molecular flexibility index (Phi) is 5.12. The Balaban J connectivity index is 2.43. The van der Waals surface area contributed by atoms with E-state index in [1.807, 2.05) is 0 Å². The van der Waals surface area contributed by atoms with Crippen LogP contribution in [0.15, 0.2) is 56.3 Å². The first-order valence-electron chi connectivity index (χ1n) is 6.03. The van der Waals surface area contributed by atoms with Crippen LogP contribution in [0.4, 0.5) is 13.2 Å². The number of alkyl halides is 3. The minimum absolute atomic E-state index is 0.0117. The number of hydrogen-bond acceptors (Lipinski definition) is 3. The number of pyridine rings is 1. The summed E-state index contributed by atoms with van der Waals surface area (Å²) in [5, 5.41) is -0.295. The lowest BCUT2D eigenvalue weighted by atomic mass is 10.3. The maximum absolute atomic E-state index is 12.6. The van der Waals surface area contributed by atoms with Gasteiger partial charge in [0.25, 0.3) is 10.0 Å². The van der Waals surface area contributed by atoms with E-state index in [-0.39, 0.29) is 14.9 Å². The fourth-order valence-corrected chi connectivity index (χ4v) is 4.97. The zero-order valence-corrected chi connectivity index (χ0v) is 14.0. The minimum atomic E-state index is -4.57. The molecule has 0 saturated heterocycles. The van der Waals surface area contributed by atoms with Crippen molar-refractivity contribution in [1.82, 2.24) is 4.98 Å². The highest BCUT2D eigenvalue weighted by molar-refractivity contribution is 7.99. The monoisotopic (exact) mass is 382 g/mol. The molecule has 0 fully saturated rings. The molecule has 124 valence electrons. The summed E-state index contributed by atoms with van der Waals surface area (Å²) in [5.74, 6) is 0. The Morgan fingerprint density at radius 3 is 2.35 bits per heavy atom. The highest BCUT2D eigenvalue weighted by Crippen LogP contribution is 2.32. The van der Waals surface area contributed by atoms with Crippen LogP contribution in [0.5, 0.6) is 0 Å². The Morgan fingerprint density at radius 1 is 1.22 bits per heavy atom. The first kappa shape index (κ1) is 17.9. The van der Waals surface area contributed by atoms with Gasteiger partial charge < -0.3 is 0 Å². The number of rotatable bonds is 3. The second kappa shape index (κ2) is 6.58. The van der Waals surface area contributed by atoms with E-state index in [9.17, 15) is 21.6 Å². The molecule has 1 aromatic carbocycles. The average Bonchev–Trinajstić information content (AvgIpc) is 2.46. The van der Waals surface area contributed by atoms with Gasteiger partial charge >= 0.3 is 6.18 Å². The van der Waals surface area contributed by atoms with Crippen molar-refractivity contribution in [2.24, 2.45) is 3.77 Å². The van der Waals surface area contributed by atoms with Gasteiger partial charge in [0.15, 0.2) is 0 Å². The van der Waals surface area contributed by atoms with Gasteiger partial charge in [-0.05, 0) is 35.1 Å². The summed E-state index contributed by atoms with van der Waals surface area (Å²) in [5.41, 5.74) is -1.01. The van der Waals surface area contributed by atoms with Crippen molar-refractivity contribution in [3.63, 3.8) is 0 Å². The third-order valence-electron chi connectivity index (χ3n) is 2.67. The van der Waals surface area contributed by atoms with E-state index in [0.29, 0.717) is 12.3 Å². The summed E-state index contributed by atoms with van der Waals surface area (Å²) in [6, 6.07) is 8.19. The summed E-state index contributed by atoms with van der Waals surface area (Å²) < 4.78 is 65.7. The molecule has 0 saturated carbocycles. The van der Waals surface area contributed by atoms with E-state index in [1.165, 1.54) is 18.4 Å². The van der Waals surface area contributed by atoms with Crippen LogP contribution in [0.1, 0.15) is 5.56 Å². The number of halogens is 4. The topological polar surface area (TPSA) is 59.4 Å². The summed E-state index contributed by atoms with van der Waals surface area (Å²) in [6.45, 7) is 0. The standard InChI is InChI=1S/C13H10ClF3N2O2S2/c1-22(19-23(20,21)10-5-3-2-4-6-10)12-11(14)7-9(8-18-12)13(15,16)17/h2-8H,1H3/t22-/m1/s1. The molecule has 2 aromatic rings. The SMILES string of the molecule is C[S@@](=NS(=O)(=O)c1ccccc1)c1ncc(C(F)(F)F)cc1Cl. The first-order valence-corrected chi connectivity index (χ1v) is 9.44. The number of sulfonamides is 1. The zero-order chi connectivity index (χ0) is 17.3. The van der Waals surface area contributed by atoms with Crippen molar-refractivity contribution >= 4 is 32.3 Å². The van der Waals surface area contributed by atoms with Gasteiger partial charge in [-0.1, -0.05) is 29.8 Å². The molecule has 1 heterocycles. The van der Waals surface area contributed by atoms with Crippen molar-refractivity contribution in [1.29, 1.82) is 0 Å². The molecule has 0 unspecified atom stereocenters. The lowest BCUT2D eigenvalue weighted by Gasteiger charge is -2.09.